The monoisotopic (exact) mass is 227 g/mol. The van der Waals surface area contributed by atoms with Gasteiger partial charge in [-0.1, -0.05) is 19.9 Å². The molecule has 4 heteroatoms. The van der Waals surface area contributed by atoms with Crippen molar-refractivity contribution in [2.24, 2.45) is 5.92 Å². The molecule has 1 N–H and O–H groups in total. The minimum Gasteiger partial charge on any atom is -0.467 e. The van der Waals surface area contributed by atoms with Gasteiger partial charge in [-0.2, -0.15) is 0 Å². The van der Waals surface area contributed by atoms with Crippen LogP contribution >= 0.6 is 0 Å². The zero-order chi connectivity index (χ0) is 12.6. The number of ether oxygens (including phenoxy) is 1. The van der Waals surface area contributed by atoms with Crippen molar-refractivity contribution in [3.63, 3.8) is 0 Å². The standard InChI is InChI=1S/C12H21NO3/c1-5-6-7-11(14)13-10(8-9(2)3)12(15)16-4/h5,9-10H,1,6-8H2,2-4H3,(H,13,14). The van der Waals surface area contributed by atoms with Gasteiger partial charge in [-0.05, 0) is 18.8 Å². The topological polar surface area (TPSA) is 55.4 Å². The Balaban J connectivity index is 4.24. The fraction of sp³-hybridized carbons (Fsp3) is 0.667. The first-order chi connectivity index (χ1) is 7.51. The number of rotatable bonds is 7. The van der Waals surface area contributed by atoms with Crippen LogP contribution in [-0.2, 0) is 14.3 Å². The predicted octanol–water partition coefficient (Wildman–Crippen LogP) is 1.66. The van der Waals surface area contributed by atoms with E-state index in [1.165, 1.54) is 7.11 Å². The van der Waals surface area contributed by atoms with Crippen molar-refractivity contribution in [2.45, 2.75) is 39.2 Å². The van der Waals surface area contributed by atoms with Crippen molar-refractivity contribution in [1.82, 2.24) is 5.32 Å². The van der Waals surface area contributed by atoms with E-state index < -0.39 is 6.04 Å². The van der Waals surface area contributed by atoms with Gasteiger partial charge in [0.2, 0.25) is 5.91 Å². The Labute approximate surface area is 97.1 Å². The number of allylic oxidation sites excluding steroid dienone is 1. The third kappa shape index (κ3) is 6.22. The first kappa shape index (κ1) is 14.7. The van der Waals surface area contributed by atoms with E-state index in [1.54, 1.807) is 6.08 Å². The summed E-state index contributed by atoms with van der Waals surface area (Å²) in [5, 5.41) is 2.67. The number of hydrogen-bond acceptors (Lipinski definition) is 3. The van der Waals surface area contributed by atoms with Crippen LogP contribution in [-0.4, -0.2) is 25.0 Å². The number of carbonyl (C=O) groups excluding carboxylic acids is 2. The third-order valence-electron chi connectivity index (χ3n) is 2.10. The Morgan fingerprint density at radius 2 is 2.06 bits per heavy atom. The fourth-order valence-corrected chi connectivity index (χ4v) is 1.33. The number of nitrogens with one attached hydrogen (secondary N) is 1. The molecule has 1 unspecified atom stereocenters. The molecule has 0 bridgehead atoms. The summed E-state index contributed by atoms with van der Waals surface area (Å²) in [6.45, 7) is 7.52. The zero-order valence-electron chi connectivity index (χ0n) is 10.3. The van der Waals surface area contributed by atoms with E-state index in [-0.39, 0.29) is 11.9 Å². The molecule has 0 saturated heterocycles. The molecule has 0 radical (unpaired) electrons. The molecule has 0 aromatic rings. The SMILES string of the molecule is C=CCCC(=O)NC(CC(C)C)C(=O)OC. The Morgan fingerprint density at radius 1 is 1.44 bits per heavy atom. The van der Waals surface area contributed by atoms with Gasteiger partial charge in [0.05, 0.1) is 7.11 Å². The van der Waals surface area contributed by atoms with E-state index in [1.807, 2.05) is 13.8 Å². The van der Waals surface area contributed by atoms with E-state index in [0.717, 1.165) is 0 Å². The van der Waals surface area contributed by atoms with Gasteiger partial charge in [0.15, 0.2) is 0 Å². The molecule has 0 rings (SSSR count). The summed E-state index contributed by atoms with van der Waals surface area (Å²) in [6, 6.07) is -0.540. The smallest absolute Gasteiger partial charge is 0.328 e. The number of carbonyl (C=O) groups is 2. The maximum absolute atomic E-state index is 11.4. The van der Waals surface area contributed by atoms with Crippen molar-refractivity contribution < 1.29 is 14.3 Å². The maximum atomic E-state index is 11.4. The summed E-state index contributed by atoms with van der Waals surface area (Å²) < 4.78 is 4.64. The number of hydrogen-bond donors (Lipinski definition) is 1. The molecule has 0 aliphatic carbocycles. The fourth-order valence-electron chi connectivity index (χ4n) is 1.33. The van der Waals surface area contributed by atoms with Crippen LogP contribution in [0.1, 0.15) is 33.1 Å². The molecule has 92 valence electrons. The number of methoxy groups -OCH3 is 1. The van der Waals surface area contributed by atoms with Gasteiger partial charge in [-0.3, -0.25) is 4.79 Å². The molecule has 0 aliphatic heterocycles. The molecule has 0 aromatic heterocycles. The van der Waals surface area contributed by atoms with E-state index >= 15 is 0 Å². The van der Waals surface area contributed by atoms with Gasteiger partial charge >= 0.3 is 5.97 Å². The molecular weight excluding hydrogens is 206 g/mol. The molecule has 0 fully saturated rings. The molecule has 1 amide bonds. The minimum atomic E-state index is -0.540. The van der Waals surface area contributed by atoms with Crippen LogP contribution in [0.5, 0.6) is 0 Å². The van der Waals surface area contributed by atoms with Gasteiger partial charge in [0.1, 0.15) is 6.04 Å². The van der Waals surface area contributed by atoms with Gasteiger partial charge in [-0.25, -0.2) is 4.79 Å². The summed E-state index contributed by atoms with van der Waals surface area (Å²) >= 11 is 0. The highest BCUT2D eigenvalue weighted by molar-refractivity contribution is 5.84. The van der Waals surface area contributed by atoms with Crippen LogP contribution in [0, 0.1) is 5.92 Å². The van der Waals surface area contributed by atoms with Crippen molar-refractivity contribution in [2.75, 3.05) is 7.11 Å². The second-order valence-electron chi connectivity index (χ2n) is 4.10. The summed E-state index contributed by atoms with van der Waals surface area (Å²) in [6.07, 6.45) is 3.23. The molecule has 16 heavy (non-hydrogen) atoms. The quantitative estimate of drug-likeness (QED) is 0.531. The Hall–Kier alpha value is -1.32. The van der Waals surface area contributed by atoms with Crippen LogP contribution in [0.15, 0.2) is 12.7 Å². The molecule has 0 spiro atoms. The number of amides is 1. The van der Waals surface area contributed by atoms with Gasteiger partial charge < -0.3 is 10.1 Å². The highest BCUT2D eigenvalue weighted by Gasteiger charge is 2.21. The summed E-state index contributed by atoms with van der Waals surface area (Å²) in [5.74, 6) is -0.208. The van der Waals surface area contributed by atoms with Crippen molar-refractivity contribution in [1.29, 1.82) is 0 Å². The van der Waals surface area contributed by atoms with Crippen molar-refractivity contribution in [3.05, 3.63) is 12.7 Å². The van der Waals surface area contributed by atoms with E-state index in [4.69, 9.17) is 0 Å². The molecule has 0 saturated carbocycles. The van der Waals surface area contributed by atoms with Crippen molar-refractivity contribution >= 4 is 11.9 Å². The lowest BCUT2D eigenvalue weighted by Gasteiger charge is -2.18. The Bertz CT molecular complexity index is 249. The van der Waals surface area contributed by atoms with Gasteiger partial charge in [0.25, 0.3) is 0 Å². The third-order valence-corrected chi connectivity index (χ3v) is 2.10. The molecule has 0 aromatic carbocycles. The van der Waals surface area contributed by atoms with Crippen LogP contribution in [0.2, 0.25) is 0 Å². The summed E-state index contributed by atoms with van der Waals surface area (Å²) in [5.41, 5.74) is 0. The maximum Gasteiger partial charge on any atom is 0.328 e. The highest BCUT2D eigenvalue weighted by Crippen LogP contribution is 2.06. The number of esters is 1. The average Bonchev–Trinajstić information content (AvgIpc) is 2.23. The average molecular weight is 227 g/mol. The molecule has 1 atom stereocenters. The molecule has 0 heterocycles. The van der Waals surface area contributed by atoms with E-state index in [0.29, 0.717) is 25.2 Å². The Morgan fingerprint density at radius 3 is 2.50 bits per heavy atom. The second kappa shape index (κ2) is 7.91. The molecule has 0 aliphatic rings. The predicted molar refractivity (Wildman–Crippen MR) is 62.8 cm³/mol. The lowest BCUT2D eigenvalue weighted by atomic mass is 10.0. The van der Waals surface area contributed by atoms with Crippen LogP contribution in [0.3, 0.4) is 0 Å². The van der Waals surface area contributed by atoms with E-state index in [9.17, 15) is 9.59 Å². The van der Waals surface area contributed by atoms with Crippen molar-refractivity contribution in [3.8, 4) is 0 Å². The lowest BCUT2D eigenvalue weighted by molar-refractivity contribution is -0.145. The van der Waals surface area contributed by atoms with Crippen LogP contribution < -0.4 is 5.32 Å². The molecular formula is C12H21NO3. The first-order valence-corrected chi connectivity index (χ1v) is 5.49. The zero-order valence-corrected chi connectivity index (χ0v) is 10.3. The minimum absolute atomic E-state index is 0.143. The first-order valence-electron chi connectivity index (χ1n) is 5.49. The normalized spacial score (nSPS) is 12.0. The van der Waals surface area contributed by atoms with Crippen LogP contribution in [0.25, 0.3) is 0 Å². The highest BCUT2D eigenvalue weighted by atomic mass is 16.5. The summed E-state index contributed by atoms with van der Waals surface area (Å²) in [4.78, 5) is 22.8. The largest absolute Gasteiger partial charge is 0.467 e. The van der Waals surface area contributed by atoms with Gasteiger partial charge in [-0.15, -0.1) is 6.58 Å². The Kier molecular flexibility index (Phi) is 7.25. The lowest BCUT2D eigenvalue weighted by Crippen LogP contribution is -2.42. The van der Waals surface area contributed by atoms with Crippen LogP contribution in [0.4, 0.5) is 0 Å². The molecule has 4 nitrogen and oxygen atoms in total. The van der Waals surface area contributed by atoms with E-state index in [2.05, 4.69) is 16.6 Å². The summed E-state index contributed by atoms with van der Waals surface area (Å²) in [7, 11) is 1.32. The second-order valence-corrected chi connectivity index (χ2v) is 4.10. The van der Waals surface area contributed by atoms with Gasteiger partial charge in [0, 0.05) is 6.42 Å².